The average Bonchev–Trinajstić information content (AvgIpc) is 3.37. The number of fused-ring (bicyclic) bond motifs is 3. The lowest BCUT2D eigenvalue weighted by atomic mass is 10.0. The minimum Gasteiger partial charge on any atom is -0.476 e. The summed E-state index contributed by atoms with van der Waals surface area (Å²) in [6.45, 7) is 1.83. The Bertz CT molecular complexity index is 1330. The molecule has 1 atom stereocenters. The summed E-state index contributed by atoms with van der Waals surface area (Å²) in [5.41, 5.74) is 1.39. The Balaban J connectivity index is 1.78. The van der Waals surface area contributed by atoms with E-state index in [4.69, 9.17) is 4.74 Å². The third-order valence-electron chi connectivity index (χ3n) is 5.19. The molecule has 29 heavy (non-hydrogen) atoms. The Kier molecular flexibility index (Phi) is 4.03. The molecule has 0 aliphatic carbocycles. The minimum absolute atomic E-state index is 0.150. The molecule has 1 unspecified atom stereocenters. The van der Waals surface area contributed by atoms with Crippen LogP contribution in [0.4, 0.5) is 0 Å². The first-order valence-corrected chi connectivity index (χ1v) is 10.2. The molecule has 0 spiro atoms. The van der Waals surface area contributed by atoms with Crippen molar-refractivity contribution in [2.75, 3.05) is 0 Å². The Morgan fingerprint density at radius 2 is 2.03 bits per heavy atom. The standard InChI is InChI=1S/C23H18N2O3S/c1-23(10-5-12-28-23)24-21(26)18-14-17(15-6-3-2-4-7-15)22(27)25-11-8-16-9-13-29-20(16)19(18)25/h2-9,11-14H,10H2,1H3,(H,24,26). The van der Waals surface area contributed by atoms with Gasteiger partial charge in [0.05, 0.1) is 22.0 Å². The van der Waals surface area contributed by atoms with Gasteiger partial charge in [0, 0.05) is 18.2 Å². The molecule has 1 amide bonds. The third-order valence-corrected chi connectivity index (χ3v) is 6.12. The van der Waals surface area contributed by atoms with Crippen LogP contribution in [0.2, 0.25) is 0 Å². The van der Waals surface area contributed by atoms with Crippen LogP contribution in [0.1, 0.15) is 23.7 Å². The predicted octanol–water partition coefficient (Wildman–Crippen LogP) is 4.56. The lowest BCUT2D eigenvalue weighted by Crippen LogP contribution is -2.45. The second-order valence-electron chi connectivity index (χ2n) is 7.26. The van der Waals surface area contributed by atoms with Crippen LogP contribution < -0.4 is 10.9 Å². The van der Waals surface area contributed by atoms with E-state index in [0.717, 1.165) is 15.6 Å². The van der Waals surface area contributed by atoms with Gasteiger partial charge in [0.15, 0.2) is 5.72 Å². The summed E-state index contributed by atoms with van der Waals surface area (Å²) in [5, 5.41) is 5.95. The molecule has 0 radical (unpaired) electrons. The van der Waals surface area contributed by atoms with Crippen LogP contribution in [0.5, 0.6) is 0 Å². The van der Waals surface area contributed by atoms with E-state index in [-0.39, 0.29) is 11.5 Å². The molecular formula is C23H18N2O3S. The fraction of sp³-hybridized carbons (Fsp3) is 0.130. The molecule has 0 saturated carbocycles. The van der Waals surface area contributed by atoms with Gasteiger partial charge in [0.1, 0.15) is 0 Å². The minimum atomic E-state index is -0.791. The molecule has 0 bridgehead atoms. The second kappa shape index (κ2) is 6.60. The summed E-state index contributed by atoms with van der Waals surface area (Å²) in [5.74, 6) is -0.271. The van der Waals surface area contributed by atoms with Crippen LogP contribution in [0.15, 0.2) is 77.2 Å². The second-order valence-corrected chi connectivity index (χ2v) is 8.18. The summed E-state index contributed by atoms with van der Waals surface area (Å²) >= 11 is 1.52. The Hall–Kier alpha value is -3.38. The first-order chi connectivity index (χ1) is 14.1. The van der Waals surface area contributed by atoms with Crippen LogP contribution in [0, 0.1) is 0 Å². The maximum atomic E-state index is 13.4. The number of nitrogens with zero attached hydrogens (tertiary/aromatic N) is 1. The molecule has 1 aromatic carbocycles. The summed E-state index contributed by atoms with van der Waals surface area (Å²) in [6.07, 6.45) is 5.80. The molecule has 5 nitrogen and oxygen atoms in total. The van der Waals surface area contributed by atoms with Crippen molar-refractivity contribution >= 4 is 32.8 Å². The molecule has 3 aromatic heterocycles. The van der Waals surface area contributed by atoms with Crippen LogP contribution in [0.3, 0.4) is 0 Å². The lowest BCUT2D eigenvalue weighted by molar-refractivity contribution is 0.0269. The maximum Gasteiger partial charge on any atom is 0.263 e. The fourth-order valence-corrected chi connectivity index (χ4v) is 4.65. The third kappa shape index (κ3) is 2.93. The zero-order valence-electron chi connectivity index (χ0n) is 15.7. The van der Waals surface area contributed by atoms with Gasteiger partial charge in [-0.3, -0.25) is 14.0 Å². The Morgan fingerprint density at radius 3 is 2.79 bits per heavy atom. The van der Waals surface area contributed by atoms with Gasteiger partial charge in [-0.05, 0) is 47.5 Å². The summed E-state index contributed by atoms with van der Waals surface area (Å²) in [4.78, 5) is 26.6. The Labute approximate surface area is 170 Å². The number of hydrogen-bond acceptors (Lipinski definition) is 4. The van der Waals surface area contributed by atoms with Gasteiger partial charge < -0.3 is 10.1 Å². The number of thiophene rings is 1. The summed E-state index contributed by atoms with van der Waals surface area (Å²) < 4.78 is 8.06. The average molecular weight is 402 g/mol. The van der Waals surface area contributed by atoms with E-state index < -0.39 is 5.72 Å². The highest BCUT2D eigenvalue weighted by Gasteiger charge is 2.31. The van der Waals surface area contributed by atoms with Crippen LogP contribution in [-0.4, -0.2) is 16.0 Å². The van der Waals surface area contributed by atoms with E-state index in [1.54, 1.807) is 22.9 Å². The van der Waals surface area contributed by atoms with Crippen molar-refractivity contribution in [1.82, 2.24) is 9.72 Å². The van der Waals surface area contributed by atoms with E-state index in [1.807, 2.05) is 60.8 Å². The molecule has 4 heterocycles. The largest absolute Gasteiger partial charge is 0.476 e. The highest BCUT2D eigenvalue weighted by molar-refractivity contribution is 7.18. The molecule has 5 rings (SSSR count). The molecule has 0 saturated heterocycles. The van der Waals surface area contributed by atoms with Gasteiger partial charge in [-0.1, -0.05) is 30.3 Å². The number of pyridine rings is 2. The van der Waals surface area contributed by atoms with Gasteiger partial charge in [-0.15, -0.1) is 11.3 Å². The monoisotopic (exact) mass is 402 g/mol. The zero-order chi connectivity index (χ0) is 20.0. The predicted molar refractivity (Wildman–Crippen MR) is 115 cm³/mol. The highest BCUT2D eigenvalue weighted by Crippen LogP contribution is 2.30. The maximum absolute atomic E-state index is 13.4. The van der Waals surface area contributed by atoms with Gasteiger partial charge in [-0.25, -0.2) is 0 Å². The van der Waals surface area contributed by atoms with Crippen molar-refractivity contribution in [3.8, 4) is 11.1 Å². The van der Waals surface area contributed by atoms with Crippen LogP contribution >= 0.6 is 11.3 Å². The van der Waals surface area contributed by atoms with Crippen molar-refractivity contribution in [1.29, 1.82) is 0 Å². The number of carbonyl (C=O) groups excluding carboxylic acids is 1. The first-order valence-electron chi connectivity index (χ1n) is 9.32. The van der Waals surface area contributed by atoms with Crippen molar-refractivity contribution < 1.29 is 9.53 Å². The number of rotatable bonds is 3. The van der Waals surface area contributed by atoms with Crippen LogP contribution in [0.25, 0.3) is 26.7 Å². The molecule has 1 aliphatic heterocycles. The van der Waals surface area contributed by atoms with E-state index in [9.17, 15) is 9.59 Å². The molecular weight excluding hydrogens is 384 g/mol. The summed E-state index contributed by atoms with van der Waals surface area (Å²) in [6, 6.07) is 15.0. The number of hydrogen-bond donors (Lipinski definition) is 1. The van der Waals surface area contributed by atoms with E-state index in [0.29, 0.717) is 23.1 Å². The topological polar surface area (TPSA) is 59.8 Å². The van der Waals surface area contributed by atoms with Gasteiger partial charge in [-0.2, -0.15) is 0 Å². The van der Waals surface area contributed by atoms with Crippen molar-refractivity contribution in [2.45, 2.75) is 19.1 Å². The quantitative estimate of drug-likeness (QED) is 0.546. The number of ether oxygens (including phenoxy) is 1. The van der Waals surface area contributed by atoms with E-state index >= 15 is 0 Å². The van der Waals surface area contributed by atoms with E-state index in [1.165, 1.54) is 11.3 Å². The van der Waals surface area contributed by atoms with Crippen molar-refractivity contribution in [2.24, 2.45) is 0 Å². The Morgan fingerprint density at radius 1 is 1.21 bits per heavy atom. The zero-order valence-corrected chi connectivity index (χ0v) is 16.5. The van der Waals surface area contributed by atoms with E-state index in [2.05, 4.69) is 5.32 Å². The SMILES string of the molecule is CC1(NC(=O)c2cc(-c3ccccc3)c(=O)n3ccc4ccsc4c23)CC=CO1. The highest BCUT2D eigenvalue weighted by atomic mass is 32.1. The van der Waals surface area contributed by atoms with Crippen LogP contribution in [-0.2, 0) is 4.74 Å². The lowest BCUT2D eigenvalue weighted by Gasteiger charge is -2.25. The fourth-order valence-electron chi connectivity index (χ4n) is 3.71. The molecule has 6 heteroatoms. The van der Waals surface area contributed by atoms with Crippen molar-refractivity contribution in [3.05, 3.63) is 88.4 Å². The number of nitrogens with one attached hydrogen (secondary N) is 1. The smallest absolute Gasteiger partial charge is 0.263 e. The first kappa shape index (κ1) is 17.7. The van der Waals surface area contributed by atoms with Gasteiger partial charge in [0.2, 0.25) is 0 Å². The molecule has 144 valence electrons. The number of amides is 1. The molecule has 0 fully saturated rings. The number of aromatic nitrogens is 1. The van der Waals surface area contributed by atoms with Gasteiger partial charge in [0.25, 0.3) is 11.5 Å². The molecule has 4 aromatic rings. The number of benzene rings is 1. The normalized spacial score (nSPS) is 18.2. The van der Waals surface area contributed by atoms with Crippen molar-refractivity contribution in [3.63, 3.8) is 0 Å². The summed E-state index contributed by atoms with van der Waals surface area (Å²) in [7, 11) is 0. The van der Waals surface area contributed by atoms with Gasteiger partial charge >= 0.3 is 0 Å². The number of carbonyl (C=O) groups is 1. The molecule has 1 N–H and O–H groups in total. The molecule has 1 aliphatic rings.